The molecular weight excluding hydrogens is 428 g/mol. The molecule has 0 aliphatic carbocycles. The maximum Gasteiger partial charge on any atom is 0.257 e. The molecule has 2 aliphatic heterocycles. The Morgan fingerprint density at radius 2 is 1.68 bits per heavy atom. The number of aromatic nitrogens is 4. The van der Waals surface area contributed by atoms with Crippen LogP contribution in [0.15, 0.2) is 36.5 Å². The van der Waals surface area contributed by atoms with Crippen molar-refractivity contribution in [3.8, 4) is 0 Å². The van der Waals surface area contributed by atoms with E-state index in [-0.39, 0.29) is 17.7 Å². The number of hydrogen-bond donors (Lipinski definition) is 0. The summed E-state index contributed by atoms with van der Waals surface area (Å²) in [5.74, 6) is 0.181. The third kappa shape index (κ3) is 4.08. The summed E-state index contributed by atoms with van der Waals surface area (Å²) >= 11 is 0. The number of nitrogens with zero attached hydrogens (tertiary/aromatic N) is 6. The standard InChI is InChI=1S/C26H30N6O2/c1-17-7-8-21(25(33)30-11-5-4-6-12-30)24(28-17)20-9-13-31(14-10-20)26(34)22-16-27-23-15-18(2)29-32(23)19(22)3/h4-5,7-8,15-16,20H,6,9-14H2,1-3H3. The number of likely N-dealkylation sites (tertiary alicyclic amines) is 1. The predicted molar refractivity (Wildman–Crippen MR) is 129 cm³/mol. The van der Waals surface area contributed by atoms with Crippen LogP contribution in [-0.2, 0) is 0 Å². The number of pyridine rings is 1. The molecule has 5 rings (SSSR count). The number of fused-ring (bicyclic) bond motifs is 1. The molecule has 3 aromatic heterocycles. The second kappa shape index (κ2) is 9.00. The third-order valence-corrected chi connectivity index (χ3v) is 6.89. The van der Waals surface area contributed by atoms with Crippen LogP contribution in [0, 0.1) is 20.8 Å². The summed E-state index contributed by atoms with van der Waals surface area (Å²) in [5.41, 5.74) is 5.48. The lowest BCUT2D eigenvalue weighted by atomic mass is 9.89. The highest BCUT2D eigenvalue weighted by molar-refractivity contribution is 5.96. The molecule has 3 aromatic rings. The van der Waals surface area contributed by atoms with Crippen LogP contribution in [0.25, 0.3) is 5.65 Å². The van der Waals surface area contributed by atoms with Crippen molar-refractivity contribution >= 4 is 17.5 Å². The van der Waals surface area contributed by atoms with E-state index in [0.29, 0.717) is 30.8 Å². The van der Waals surface area contributed by atoms with Gasteiger partial charge in [0.2, 0.25) is 0 Å². The molecule has 1 saturated heterocycles. The third-order valence-electron chi connectivity index (χ3n) is 6.89. The summed E-state index contributed by atoms with van der Waals surface area (Å²) in [6.45, 7) is 8.41. The maximum absolute atomic E-state index is 13.3. The molecule has 2 amide bonds. The van der Waals surface area contributed by atoms with Crippen LogP contribution in [0.2, 0.25) is 0 Å². The molecule has 0 radical (unpaired) electrons. The first kappa shape index (κ1) is 22.3. The molecule has 2 aliphatic rings. The highest BCUT2D eigenvalue weighted by Gasteiger charge is 2.30. The van der Waals surface area contributed by atoms with Gasteiger partial charge in [0.05, 0.1) is 28.2 Å². The summed E-state index contributed by atoms with van der Waals surface area (Å²) in [6, 6.07) is 5.74. The van der Waals surface area contributed by atoms with Crippen LogP contribution in [-0.4, -0.2) is 67.4 Å². The normalized spacial score (nSPS) is 16.9. The van der Waals surface area contributed by atoms with Gasteiger partial charge in [-0.05, 0) is 52.2 Å². The van der Waals surface area contributed by atoms with E-state index in [9.17, 15) is 9.59 Å². The molecule has 0 bridgehead atoms. The second-order valence-corrected chi connectivity index (χ2v) is 9.28. The Bertz CT molecular complexity index is 1290. The van der Waals surface area contributed by atoms with Crippen LogP contribution in [0.5, 0.6) is 0 Å². The van der Waals surface area contributed by atoms with E-state index in [1.54, 1.807) is 10.7 Å². The fourth-order valence-electron chi connectivity index (χ4n) is 4.96. The van der Waals surface area contributed by atoms with Gasteiger partial charge in [-0.2, -0.15) is 5.10 Å². The van der Waals surface area contributed by atoms with Crippen molar-refractivity contribution in [2.45, 2.75) is 46.0 Å². The monoisotopic (exact) mass is 458 g/mol. The van der Waals surface area contributed by atoms with Crippen molar-refractivity contribution in [3.05, 3.63) is 70.5 Å². The first-order valence-corrected chi connectivity index (χ1v) is 12.0. The zero-order chi connectivity index (χ0) is 23.8. The first-order chi connectivity index (χ1) is 16.4. The topological polar surface area (TPSA) is 83.7 Å². The maximum atomic E-state index is 13.3. The van der Waals surface area contributed by atoms with E-state index >= 15 is 0 Å². The zero-order valence-electron chi connectivity index (χ0n) is 20.0. The molecule has 5 heterocycles. The molecule has 0 unspecified atom stereocenters. The number of amides is 2. The fourth-order valence-corrected chi connectivity index (χ4v) is 4.96. The minimum Gasteiger partial charge on any atom is -0.338 e. The Hall–Kier alpha value is -3.55. The molecule has 0 N–H and O–H groups in total. The number of carbonyl (C=O) groups excluding carboxylic acids is 2. The number of piperidine rings is 1. The number of aryl methyl sites for hydroxylation is 3. The smallest absolute Gasteiger partial charge is 0.257 e. The summed E-state index contributed by atoms with van der Waals surface area (Å²) in [5, 5.41) is 4.46. The van der Waals surface area contributed by atoms with E-state index in [2.05, 4.69) is 16.2 Å². The lowest BCUT2D eigenvalue weighted by molar-refractivity contribution is 0.0703. The van der Waals surface area contributed by atoms with Crippen LogP contribution in [0.1, 0.15) is 68.7 Å². The Morgan fingerprint density at radius 3 is 2.41 bits per heavy atom. The highest BCUT2D eigenvalue weighted by atomic mass is 16.2. The van der Waals surface area contributed by atoms with E-state index in [0.717, 1.165) is 54.2 Å². The van der Waals surface area contributed by atoms with Crippen molar-refractivity contribution in [1.82, 2.24) is 29.4 Å². The van der Waals surface area contributed by atoms with Crippen molar-refractivity contribution in [2.24, 2.45) is 0 Å². The Morgan fingerprint density at radius 1 is 0.912 bits per heavy atom. The van der Waals surface area contributed by atoms with E-state index in [4.69, 9.17) is 4.98 Å². The SMILES string of the molecule is Cc1ccc(C(=O)N2CC=CCC2)c(C2CCN(C(=O)c3cnc4cc(C)nn4c3C)CC2)n1. The highest BCUT2D eigenvalue weighted by Crippen LogP contribution is 2.31. The van der Waals surface area contributed by atoms with Gasteiger partial charge >= 0.3 is 0 Å². The molecular formula is C26H30N6O2. The molecule has 0 atom stereocenters. The molecule has 0 saturated carbocycles. The Labute approximate surface area is 199 Å². The average Bonchev–Trinajstić information content (AvgIpc) is 3.25. The summed E-state index contributed by atoms with van der Waals surface area (Å²) in [6.07, 6.45) is 8.26. The van der Waals surface area contributed by atoms with Crippen molar-refractivity contribution < 1.29 is 9.59 Å². The van der Waals surface area contributed by atoms with Gasteiger partial charge < -0.3 is 9.80 Å². The molecule has 34 heavy (non-hydrogen) atoms. The first-order valence-electron chi connectivity index (χ1n) is 12.0. The number of carbonyl (C=O) groups is 2. The molecule has 0 spiro atoms. The van der Waals surface area contributed by atoms with Crippen LogP contribution in [0.4, 0.5) is 0 Å². The van der Waals surface area contributed by atoms with Crippen LogP contribution in [0.3, 0.4) is 0 Å². The second-order valence-electron chi connectivity index (χ2n) is 9.28. The van der Waals surface area contributed by atoms with E-state index in [1.165, 1.54) is 0 Å². The summed E-state index contributed by atoms with van der Waals surface area (Å²) in [7, 11) is 0. The molecule has 0 aromatic carbocycles. The van der Waals surface area contributed by atoms with Gasteiger partial charge in [-0.25, -0.2) is 9.50 Å². The quantitative estimate of drug-likeness (QED) is 0.561. The average molecular weight is 459 g/mol. The lowest BCUT2D eigenvalue weighted by Crippen LogP contribution is -2.39. The van der Waals surface area contributed by atoms with Crippen molar-refractivity contribution in [1.29, 1.82) is 0 Å². The molecule has 1 fully saturated rings. The van der Waals surface area contributed by atoms with Gasteiger partial charge in [0.1, 0.15) is 0 Å². The van der Waals surface area contributed by atoms with Gasteiger partial charge in [-0.1, -0.05) is 12.2 Å². The van der Waals surface area contributed by atoms with Crippen LogP contribution < -0.4 is 0 Å². The van der Waals surface area contributed by atoms with Gasteiger partial charge in [0.25, 0.3) is 11.8 Å². The number of hydrogen-bond acceptors (Lipinski definition) is 5. The molecule has 8 nitrogen and oxygen atoms in total. The number of rotatable bonds is 3. The predicted octanol–water partition coefficient (Wildman–Crippen LogP) is 3.47. The zero-order valence-corrected chi connectivity index (χ0v) is 20.0. The Balaban J connectivity index is 1.33. The summed E-state index contributed by atoms with van der Waals surface area (Å²) in [4.78, 5) is 39.6. The molecule has 8 heteroatoms. The lowest BCUT2D eigenvalue weighted by Gasteiger charge is -2.33. The van der Waals surface area contributed by atoms with Crippen LogP contribution >= 0.6 is 0 Å². The molecule has 176 valence electrons. The Kier molecular flexibility index (Phi) is 5.89. The van der Waals surface area contributed by atoms with Crippen molar-refractivity contribution in [2.75, 3.05) is 26.2 Å². The van der Waals surface area contributed by atoms with E-state index < -0.39 is 0 Å². The minimum atomic E-state index is -0.0212. The largest absolute Gasteiger partial charge is 0.338 e. The summed E-state index contributed by atoms with van der Waals surface area (Å²) < 4.78 is 1.74. The van der Waals surface area contributed by atoms with Gasteiger partial charge in [0, 0.05) is 50.1 Å². The van der Waals surface area contributed by atoms with Gasteiger partial charge in [0.15, 0.2) is 5.65 Å². The minimum absolute atomic E-state index is 0.0212. The van der Waals surface area contributed by atoms with Crippen molar-refractivity contribution in [3.63, 3.8) is 0 Å². The van der Waals surface area contributed by atoms with Gasteiger partial charge in [-0.3, -0.25) is 14.6 Å². The van der Waals surface area contributed by atoms with E-state index in [1.807, 2.05) is 54.8 Å². The van der Waals surface area contributed by atoms with Gasteiger partial charge in [-0.15, -0.1) is 0 Å². The fraction of sp³-hybridized carbons (Fsp3) is 0.423.